The van der Waals surface area contributed by atoms with Crippen molar-refractivity contribution in [3.8, 4) is 5.75 Å². The predicted octanol–water partition coefficient (Wildman–Crippen LogP) is 5.33. The molecule has 0 unspecified atom stereocenters. The largest absolute Gasteiger partial charge is 0.496 e. The minimum atomic E-state index is 0.940. The van der Waals surface area contributed by atoms with Crippen molar-refractivity contribution in [2.45, 2.75) is 39.0 Å². The van der Waals surface area contributed by atoms with Crippen LogP contribution in [0.4, 0.5) is 5.69 Å². The number of aryl methyl sites for hydroxylation is 3. The number of hydrogen-bond acceptors (Lipinski definition) is 3. The van der Waals surface area contributed by atoms with Gasteiger partial charge in [-0.25, -0.2) is 0 Å². The fraction of sp³-hybridized carbons (Fsp3) is 0.375. The maximum absolute atomic E-state index is 5.52. The number of aromatic nitrogens is 1. The molecule has 2 heterocycles. The second-order valence-corrected chi connectivity index (χ2v) is 7.48. The smallest absolute Gasteiger partial charge is 0.126 e. The third-order valence-corrected chi connectivity index (χ3v) is 5.67. The Kier molecular flexibility index (Phi) is 5.28. The average Bonchev–Trinajstić information content (AvgIpc) is 2.73. The van der Waals surface area contributed by atoms with Crippen LogP contribution >= 0.6 is 0 Å². The normalized spacial score (nSPS) is 14.5. The number of rotatable bonds is 5. The molecule has 0 amide bonds. The van der Waals surface area contributed by atoms with Gasteiger partial charge in [-0.05, 0) is 67.7 Å². The van der Waals surface area contributed by atoms with Gasteiger partial charge in [0.1, 0.15) is 5.75 Å². The number of hydrogen-bond donors (Lipinski definition) is 0. The number of anilines is 1. The highest BCUT2D eigenvalue weighted by Gasteiger charge is 2.14. The Morgan fingerprint density at radius 1 is 0.963 bits per heavy atom. The first-order valence-electron chi connectivity index (χ1n) is 10.0. The Hall–Kier alpha value is -2.55. The standard InChI is InChI=1S/C24H28N2O/c1-18-17-25-20(16-23(18)26-14-4-3-5-15-26)13-12-19-8-6-10-22-21(19)9-7-11-24(22)27-2/h6-11,16-17H,3-5,12-15H2,1-2H3. The summed E-state index contributed by atoms with van der Waals surface area (Å²) in [6, 6.07) is 15.1. The summed E-state index contributed by atoms with van der Waals surface area (Å²) in [6.45, 7) is 4.53. The molecule has 0 bridgehead atoms. The molecule has 3 heteroatoms. The summed E-state index contributed by atoms with van der Waals surface area (Å²) in [5, 5.41) is 2.46. The van der Waals surface area contributed by atoms with Crippen molar-refractivity contribution in [2.24, 2.45) is 0 Å². The molecule has 0 radical (unpaired) electrons. The van der Waals surface area contributed by atoms with Gasteiger partial charge < -0.3 is 9.64 Å². The quantitative estimate of drug-likeness (QED) is 0.615. The monoisotopic (exact) mass is 360 g/mol. The van der Waals surface area contributed by atoms with Gasteiger partial charge in [0.25, 0.3) is 0 Å². The molecule has 1 fully saturated rings. The molecule has 1 aliphatic rings. The molecule has 3 aromatic rings. The molecule has 27 heavy (non-hydrogen) atoms. The van der Waals surface area contributed by atoms with Crippen LogP contribution in [0.3, 0.4) is 0 Å². The minimum absolute atomic E-state index is 0.940. The summed E-state index contributed by atoms with van der Waals surface area (Å²) in [5.74, 6) is 0.940. The van der Waals surface area contributed by atoms with Crippen LogP contribution in [-0.2, 0) is 12.8 Å². The molecule has 140 valence electrons. The summed E-state index contributed by atoms with van der Waals surface area (Å²) >= 11 is 0. The number of pyridine rings is 1. The zero-order chi connectivity index (χ0) is 18.6. The highest BCUT2D eigenvalue weighted by atomic mass is 16.5. The molecule has 2 aromatic carbocycles. The molecule has 0 N–H and O–H groups in total. The molecule has 0 spiro atoms. The van der Waals surface area contributed by atoms with Crippen molar-refractivity contribution in [2.75, 3.05) is 25.1 Å². The Labute approximate surface area is 162 Å². The molecule has 4 rings (SSSR count). The van der Waals surface area contributed by atoms with Gasteiger partial charge in [0.2, 0.25) is 0 Å². The second-order valence-electron chi connectivity index (χ2n) is 7.48. The van der Waals surface area contributed by atoms with Crippen LogP contribution in [0.2, 0.25) is 0 Å². The zero-order valence-corrected chi connectivity index (χ0v) is 16.4. The molecular formula is C24H28N2O. The molecular weight excluding hydrogens is 332 g/mol. The van der Waals surface area contributed by atoms with Gasteiger partial charge in [0.05, 0.1) is 7.11 Å². The lowest BCUT2D eigenvalue weighted by Gasteiger charge is -2.30. The molecule has 0 atom stereocenters. The maximum atomic E-state index is 5.52. The number of fused-ring (bicyclic) bond motifs is 1. The molecule has 3 nitrogen and oxygen atoms in total. The van der Waals surface area contributed by atoms with Gasteiger partial charge in [0.15, 0.2) is 0 Å². The first kappa shape index (κ1) is 17.8. The van der Waals surface area contributed by atoms with Gasteiger partial charge >= 0.3 is 0 Å². The Balaban J connectivity index is 1.56. The lowest BCUT2D eigenvalue weighted by atomic mass is 9.99. The fourth-order valence-corrected chi connectivity index (χ4v) is 4.17. The number of ether oxygens (including phenoxy) is 1. The minimum Gasteiger partial charge on any atom is -0.496 e. The fourth-order valence-electron chi connectivity index (χ4n) is 4.17. The summed E-state index contributed by atoms with van der Waals surface area (Å²) in [4.78, 5) is 7.25. The highest BCUT2D eigenvalue weighted by Crippen LogP contribution is 2.29. The molecule has 0 aliphatic carbocycles. The van der Waals surface area contributed by atoms with E-state index < -0.39 is 0 Å². The van der Waals surface area contributed by atoms with Crippen LogP contribution < -0.4 is 9.64 Å². The van der Waals surface area contributed by atoms with Gasteiger partial charge in [-0.15, -0.1) is 0 Å². The summed E-state index contributed by atoms with van der Waals surface area (Å²) < 4.78 is 5.52. The van der Waals surface area contributed by atoms with E-state index in [4.69, 9.17) is 9.72 Å². The zero-order valence-electron chi connectivity index (χ0n) is 16.4. The Morgan fingerprint density at radius 2 is 1.74 bits per heavy atom. The van der Waals surface area contributed by atoms with E-state index in [-0.39, 0.29) is 0 Å². The van der Waals surface area contributed by atoms with Gasteiger partial charge in [-0.1, -0.05) is 30.3 Å². The van der Waals surface area contributed by atoms with E-state index in [0.717, 1.165) is 18.6 Å². The van der Waals surface area contributed by atoms with Crippen molar-refractivity contribution in [1.82, 2.24) is 4.98 Å². The van der Waals surface area contributed by atoms with Crippen molar-refractivity contribution in [1.29, 1.82) is 0 Å². The number of piperidine rings is 1. The maximum Gasteiger partial charge on any atom is 0.126 e. The van der Waals surface area contributed by atoms with Crippen molar-refractivity contribution in [3.05, 3.63) is 65.5 Å². The average molecular weight is 361 g/mol. The Bertz CT molecular complexity index is 929. The number of benzene rings is 2. The lowest BCUT2D eigenvalue weighted by molar-refractivity contribution is 0.420. The van der Waals surface area contributed by atoms with Crippen molar-refractivity contribution >= 4 is 16.5 Å². The first-order valence-corrected chi connectivity index (χ1v) is 10.0. The van der Waals surface area contributed by atoms with E-state index in [1.54, 1.807) is 7.11 Å². The van der Waals surface area contributed by atoms with Crippen LogP contribution in [0.5, 0.6) is 5.75 Å². The first-order chi connectivity index (χ1) is 13.3. The summed E-state index contributed by atoms with van der Waals surface area (Å²) in [5.41, 5.74) is 5.20. The van der Waals surface area contributed by atoms with Gasteiger partial charge in [-0.2, -0.15) is 0 Å². The van der Waals surface area contributed by atoms with E-state index in [0.29, 0.717) is 0 Å². The molecule has 1 aliphatic heterocycles. The van der Waals surface area contributed by atoms with E-state index in [1.165, 1.54) is 65.6 Å². The molecule has 1 saturated heterocycles. The third-order valence-electron chi connectivity index (χ3n) is 5.67. The van der Waals surface area contributed by atoms with Crippen LogP contribution in [-0.4, -0.2) is 25.2 Å². The molecule has 0 saturated carbocycles. The van der Waals surface area contributed by atoms with E-state index >= 15 is 0 Å². The van der Waals surface area contributed by atoms with Crippen LogP contribution in [0.25, 0.3) is 10.8 Å². The highest BCUT2D eigenvalue weighted by molar-refractivity contribution is 5.91. The van der Waals surface area contributed by atoms with Crippen molar-refractivity contribution in [3.63, 3.8) is 0 Å². The van der Waals surface area contributed by atoms with Gasteiger partial charge in [-0.3, -0.25) is 4.98 Å². The van der Waals surface area contributed by atoms with Gasteiger partial charge in [0, 0.05) is 36.1 Å². The number of nitrogens with zero attached hydrogens (tertiary/aromatic N) is 2. The lowest BCUT2D eigenvalue weighted by Crippen LogP contribution is -2.30. The molecule has 1 aromatic heterocycles. The van der Waals surface area contributed by atoms with E-state index in [9.17, 15) is 0 Å². The topological polar surface area (TPSA) is 25.4 Å². The Morgan fingerprint density at radius 3 is 2.56 bits per heavy atom. The van der Waals surface area contributed by atoms with Crippen LogP contribution in [0.15, 0.2) is 48.7 Å². The summed E-state index contributed by atoms with van der Waals surface area (Å²) in [6.07, 6.45) is 7.95. The second kappa shape index (κ2) is 7.99. The van der Waals surface area contributed by atoms with Crippen molar-refractivity contribution < 1.29 is 4.74 Å². The van der Waals surface area contributed by atoms with Crippen LogP contribution in [0, 0.1) is 6.92 Å². The SMILES string of the molecule is COc1cccc2c(CCc3cc(N4CCCCC4)c(C)cn3)cccc12. The predicted molar refractivity (Wildman–Crippen MR) is 113 cm³/mol. The third kappa shape index (κ3) is 3.78. The number of methoxy groups -OCH3 is 1. The van der Waals surface area contributed by atoms with Crippen LogP contribution in [0.1, 0.15) is 36.1 Å². The summed E-state index contributed by atoms with van der Waals surface area (Å²) in [7, 11) is 1.74. The van der Waals surface area contributed by atoms with E-state index in [1.807, 2.05) is 12.3 Å². The van der Waals surface area contributed by atoms with E-state index in [2.05, 4.69) is 48.2 Å².